The molecule has 3 aromatic rings. The molecule has 0 atom stereocenters. The maximum Gasteiger partial charge on any atom is 0.226 e. The molecule has 1 aliphatic rings. The highest BCUT2D eigenvalue weighted by Gasteiger charge is 2.26. The van der Waals surface area contributed by atoms with Crippen LogP contribution in [-0.4, -0.2) is 24.5 Å². The van der Waals surface area contributed by atoms with Crippen molar-refractivity contribution in [2.75, 3.05) is 5.73 Å². The number of nitrogens with zero attached hydrogens (tertiary/aromatic N) is 5. The highest BCUT2D eigenvalue weighted by Crippen LogP contribution is 2.41. The van der Waals surface area contributed by atoms with Crippen LogP contribution in [0.15, 0.2) is 11.7 Å². The molecule has 0 aromatic carbocycles. The Morgan fingerprint density at radius 2 is 2.20 bits per heavy atom. The molecule has 8 heteroatoms. The summed E-state index contributed by atoms with van der Waals surface area (Å²) in [4.78, 5) is 17.0. The molecule has 0 bridgehead atoms. The molecule has 0 spiro atoms. The molecule has 0 radical (unpaired) electrons. The molecule has 1 fully saturated rings. The van der Waals surface area contributed by atoms with Gasteiger partial charge in [0.15, 0.2) is 11.5 Å². The summed E-state index contributed by atoms with van der Waals surface area (Å²) in [7, 11) is 0. The second-order valence-electron chi connectivity index (χ2n) is 4.87. The van der Waals surface area contributed by atoms with Crippen molar-refractivity contribution in [3.8, 4) is 0 Å². The van der Waals surface area contributed by atoms with Crippen LogP contribution in [0.3, 0.4) is 0 Å². The number of thiazole rings is 1. The fraction of sp³-hybridized carbons (Fsp3) is 0.333. The van der Waals surface area contributed by atoms with E-state index in [1.165, 1.54) is 17.8 Å². The van der Waals surface area contributed by atoms with Crippen molar-refractivity contribution in [1.29, 1.82) is 0 Å². The quantitative estimate of drug-likeness (QED) is 0.751. The average Bonchev–Trinajstić information content (AvgIpc) is 3.03. The normalized spacial score (nSPS) is 15.1. The second kappa shape index (κ2) is 4.39. The summed E-state index contributed by atoms with van der Waals surface area (Å²) in [6.07, 6.45) is 4.23. The SMILES string of the molecule is Nc1nc(Cl)nc2c1ncn2Cc1csc(C2CC2)n1. The minimum atomic E-state index is 0.133. The molecule has 0 saturated heterocycles. The molecular weight excluding hydrogens is 296 g/mol. The third-order valence-corrected chi connectivity index (χ3v) is 4.52. The standard InChI is InChI=1S/C12H11ClN6S/c13-12-17-9(14)8-10(18-12)19(5-15-8)3-7-4-20-11(16-7)6-1-2-6/h4-6H,1-3H2,(H2,14,17,18). The highest BCUT2D eigenvalue weighted by atomic mass is 35.5. The van der Waals surface area contributed by atoms with Crippen LogP contribution in [-0.2, 0) is 6.54 Å². The van der Waals surface area contributed by atoms with Crippen LogP contribution in [0.4, 0.5) is 5.82 Å². The predicted molar refractivity (Wildman–Crippen MR) is 77.9 cm³/mol. The zero-order valence-corrected chi connectivity index (χ0v) is 12.0. The van der Waals surface area contributed by atoms with Crippen LogP contribution in [0.25, 0.3) is 11.2 Å². The number of rotatable bonds is 3. The third kappa shape index (κ3) is 2.03. The lowest BCUT2D eigenvalue weighted by Gasteiger charge is -2.01. The van der Waals surface area contributed by atoms with Crippen molar-refractivity contribution < 1.29 is 0 Å². The van der Waals surface area contributed by atoms with Crippen molar-refractivity contribution in [1.82, 2.24) is 24.5 Å². The topological polar surface area (TPSA) is 82.5 Å². The first-order chi connectivity index (χ1) is 9.70. The number of hydrogen-bond donors (Lipinski definition) is 1. The summed E-state index contributed by atoms with van der Waals surface area (Å²) in [6, 6.07) is 0. The Morgan fingerprint density at radius 1 is 1.35 bits per heavy atom. The van der Waals surface area contributed by atoms with E-state index >= 15 is 0 Å². The number of nitrogens with two attached hydrogens (primary N) is 1. The Balaban J connectivity index is 1.70. The number of aromatic nitrogens is 5. The van der Waals surface area contributed by atoms with Gasteiger partial charge in [0, 0.05) is 11.3 Å². The summed E-state index contributed by atoms with van der Waals surface area (Å²) in [6.45, 7) is 0.618. The molecule has 3 heterocycles. The summed E-state index contributed by atoms with van der Waals surface area (Å²) < 4.78 is 1.89. The molecule has 3 aromatic heterocycles. The molecule has 1 saturated carbocycles. The van der Waals surface area contributed by atoms with Crippen LogP contribution < -0.4 is 5.73 Å². The molecule has 2 N–H and O–H groups in total. The second-order valence-corrected chi connectivity index (χ2v) is 6.10. The van der Waals surface area contributed by atoms with Gasteiger partial charge in [0.1, 0.15) is 5.52 Å². The van der Waals surface area contributed by atoms with Gasteiger partial charge in [0.05, 0.1) is 23.6 Å². The van der Waals surface area contributed by atoms with Gasteiger partial charge >= 0.3 is 0 Å². The fourth-order valence-electron chi connectivity index (χ4n) is 2.14. The Morgan fingerprint density at radius 3 is 3.00 bits per heavy atom. The summed E-state index contributed by atoms with van der Waals surface area (Å²) in [5.41, 5.74) is 8.03. The van der Waals surface area contributed by atoms with Crippen LogP contribution >= 0.6 is 22.9 Å². The maximum atomic E-state index is 5.85. The van der Waals surface area contributed by atoms with Gasteiger partial charge in [0.25, 0.3) is 0 Å². The number of fused-ring (bicyclic) bond motifs is 1. The highest BCUT2D eigenvalue weighted by molar-refractivity contribution is 7.09. The van der Waals surface area contributed by atoms with Crippen molar-refractivity contribution in [2.24, 2.45) is 0 Å². The van der Waals surface area contributed by atoms with E-state index in [0.29, 0.717) is 29.4 Å². The number of anilines is 1. The lowest BCUT2D eigenvalue weighted by atomic mass is 10.4. The Bertz CT molecular complexity index is 790. The van der Waals surface area contributed by atoms with E-state index in [1.54, 1.807) is 17.7 Å². The Labute approximate surface area is 123 Å². The van der Waals surface area contributed by atoms with Gasteiger partial charge < -0.3 is 10.3 Å². The van der Waals surface area contributed by atoms with Crippen molar-refractivity contribution in [3.63, 3.8) is 0 Å². The van der Waals surface area contributed by atoms with Gasteiger partial charge in [-0.15, -0.1) is 11.3 Å². The average molecular weight is 307 g/mol. The maximum absolute atomic E-state index is 5.85. The van der Waals surface area contributed by atoms with E-state index in [2.05, 4.69) is 25.3 Å². The van der Waals surface area contributed by atoms with Gasteiger partial charge in [0.2, 0.25) is 5.28 Å². The monoisotopic (exact) mass is 306 g/mol. The first-order valence-electron chi connectivity index (χ1n) is 6.29. The van der Waals surface area contributed by atoms with Crippen LogP contribution in [0.1, 0.15) is 29.5 Å². The number of hydrogen-bond acceptors (Lipinski definition) is 6. The van der Waals surface area contributed by atoms with Crippen molar-refractivity contribution in [3.05, 3.63) is 27.7 Å². The van der Waals surface area contributed by atoms with E-state index < -0.39 is 0 Å². The lowest BCUT2D eigenvalue weighted by molar-refractivity contribution is 0.788. The number of imidazole rings is 1. The molecule has 20 heavy (non-hydrogen) atoms. The smallest absolute Gasteiger partial charge is 0.226 e. The molecule has 0 unspecified atom stereocenters. The van der Waals surface area contributed by atoms with Crippen LogP contribution in [0.5, 0.6) is 0 Å². The first-order valence-corrected chi connectivity index (χ1v) is 7.54. The number of nitrogen functional groups attached to an aromatic ring is 1. The first kappa shape index (κ1) is 12.0. The third-order valence-electron chi connectivity index (χ3n) is 3.29. The summed E-state index contributed by atoms with van der Waals surface area (Å²) >= 11 is 7.58. The molecule has 0 aliphatic heterocycles. The van der Waals surface area contributed by atoms with Crippen LogP contribution in [0, 0.1) is 0 Å². The Kier molecular flexibility index (Phi) is 2.64. The molecule has 0 amide bonds. The zero-order valence-electron chi connectivity index (χ0n) is 10.5. The van der Waals surface area contributed by atoms with Gasteiger partial charge in [-0.1, -0.05) is 0 Å². The molecular formula is C12H11ClN6S. The predicted octanol–water partition coefficient (Wildman–Crippen LogP) is 2.44. The zero-order chi connectivity index (χ0) is 13.7. The van der Waals surface area contributed by atoms with E-state index in [9.17, 15) is 0 Å². The Hall–Kier alpha value is -1.73. The molecule has 6 nitrogen and oxygen atoms in total. The lowest BCUT2D eigenvalue weighted by Crippen LogP contribution is -2.02. The largest absolute Gasteiger partial charge is 0.382 e. The van der Waals surface area contributed by atoms with E-state index in [4.69, 9.17) is 17.3 Å². The summed E-state index contributed by atoms with van der Waals surface area (Å²) in [5.74, 6) is 0.983. The minimum Gasteiger partial charge on any atom is -0.382 e. The van der Waals surface area contributed by atoms with Gasteiger partial charge in [-0.2, -0.15) is 9.97 Å². The minimum absolute atomic E-state index is 0.133. The molecule has 1 aliphatic carbocycles. The van der Waals surface area contributed by atoms with Crippen molar-refractivity contribution in [2.45, 2.75) is 25.3 Å². The van der Waals surface area contributed by atoms with Gasteiger partial charge in [-0.25, -0.2) is 9.97 Å². The van der Waals surface area contributed by atoms with E-state index in [0.717, 1.165) is 5.69 Å². The molecule has 4 rings (SSSR count). The van der Waals surface area contributed by atoms with Crippen molar-refractivity contribution >= 4 is 39.9 Å². The molecule has 102 valence electrons. The van der Waals surface area contributed by atoms with E-state index in [-0.39, 0.29) is 5.28 Å². The fourth-order valence-corrected chi connectivity index (χ4v) is 3.30. The van der Waals surface area contributed by atoms with E-state index in [1.807, 2.05) is 4.57 Å². The van der Waals surface area contributed by atoms with Gasteiger partial charge in [-0.3, -0.25) is 0 Å². The summed E-state index contributed by atoms with van der Waals surface area (Å²) in [5, 5.41) is 3.45. The van der Waals surface area contributed by atoms with Gasteiger partial charge in [-0.05, 0) is 24.4 Å². The van der Waals surface area contributed by atoms with Crippen LogP contribution in [0.2, 0.25) is 5.28 Å². The number of halogens is 1.